The zero-order valence-electron chi connectivity index (χ0n) is 16.7. The minimum absolute atomic E-state index is 0. The van der Waals surface area contributed by atoms with Gasteiger partial charge in [0.15, 0.2) is 11.8 Å². The van der Waals surface area contributed by atoms with Crippen molar-refractivity contribution in [2.75, 3.05) is 45.9 Å². The first kappa shape index (κ1) is 22.9. The van der Waals surface area contributed by atoms with Crippen LogP contribution in [0.4, 0.5) is 0 Å². The Kier molecular flexibility index (Phi) is 9.42. The van der Waals surface area contributed by atoms with E-state index in [1.165, 1.54) is 0 Å². The molecule has 28 heavy (non-hydrogen) atoms. The fourth-order valence-electron chi connectivity index (χ4n) is 3.40. The molecule has 9 nitrogen and oxygen atoms in total. The van der Waals surface area contributed by atoms with Crippen LogP contribution in [0.3, 0.4) is 0 Å². The monoisotopic (exact) mass is 506 g/mol. The first-order chi connectivity index (χ1) is 13.2. The summed E-state index contributed by atoms with van der Waals surface area (Å²) in [6, 6.07) is 0. The van der Waals surface area contributed by atoms with Crippen molar-refractivity contribution >= 4 is 35.8 Å². The van der Waals surface area contributed by atoms with Gasteiger partial charge in [-0.25, -0.2) is 0 Å². The van der Waals surface area contributed by atoms with Crippen LogP contribution in [0, 0.1) is 6.92 Å². The Bertz CT molecular complexity index is 639. The van der Waals surface area contributed by atoms with Crippen molar-refractivity contribution in [3.8, 4) is 0 Å². The van der Waals surface area contributed by atoms with Gasteiger partial charge in [-0.3, -0.25) is 9.79 Å². The average Bonchev–Trinajstić information content (AvgIpc) is 3.36. The molecule has 2 aliphatic rings. The number of guanidine groups is 1. The minimum Gasteiger partial charge on any atom is -0.368 e. The van der Waals surface area contributed by atoms with E-state index in [0.29, 0.717) is 38.0 Å². The Hall–Kier alpha value is -1.43. The number of nitrogens with one attached hydrogen (secondary N) is 1. The fourth-order valence-corrected chi connectivity index (χ4v) is 3.40. The molecule has 0 radical (unpaired) electrons. The number of hydrogen-bond donors (Lipinski definition) is 1. The molecule has 0 bridgehead atoms. The molecule has 1 aromatic rings. The number of aliphatic imine (C=N–C) groups is 1. The van der Waals surface area contributed by atoms with Gasteiger partial charge in [-0.05, 0) is 33.1 Å². The summed E-state index contributed by atoms with van der Waals surface area (Å²) in [5, 5.41) is 7.15. The molecule has 1 unspecified atom stereocenters. The van der Waals surface area contributed by atoms with Crippen molar-refractivity contribution in [2.24, 2.45) is 4.99 Å². The number of amides is 1. The maximum Gasteiger partial charge on any atom is 0.251 e. The van der Waals surface area contributed by atoms with Crippen LogP contribution in [-0.4, -0.2) is 83.8 Å². The van der Waals surface area contributed by atoms with E-state index in [-0.39, 0.29) is 36.0 Å². The molecule has 3 rings (SSSR count). The Morgan fingerprint density at radius 1 is 1.29 bits per heavy atom. The standard InChI is InChI=1S/C18H30N6O3.HI/c1-3-19-18(20-8-4-7-16-21-14(2)22-27-16)24-11-9-23(10-12-24)17(25)15-6-5-13-26-15;/h15H,3-13H2,1-2H3,(H,19,20);1H. The Labute approximate surface area is 183 Å². The van der Waals surface area contributed by atoms with Crippen LogP contribution in [-0.2, 0) is 16.0 Å². The van der Waals surface area contributed by atoms with Crippen molar-refractivity contribution in [3.05, 3.63) is 11.7 Å². The van der Waals surface area contributed by atoms with E-state index in [1.807, 2.05) is 11.8 Å². The molecule has 2 fully saturated rings. The Morgan fingerprint density at radius 3 is 2.64 bits per heavy atom. The third-order valence-electron chi connectivity index (χ3n) is 4.81. The highest BCUT2D eigenvalue weighted by atomic mass is 127. The van der Waals surface area contributed by atoms with E-state index < -0.39 is 0 Å². The van der Waals surface area contributed by atoms with Crippen LogP contribution >= 0.6 is 24.0 Å². The predicted molar refractivity (Wildman–Crippen MR) is 116 cm³/mol. The zero-order valence-corrected chi connectivity index (χ0v) is 19.1. The van der Waals surface area contributed by atoms with Gasteiger partial charge in [0.25, 0.3) is 5.91 Å². The molecule has 1 atom stereocenters. The minimum atomic E-state index is -0.230. The number of hydrogen-bond acceptors (Lipinski definition) is 6. The van der Waals surface area contributed by atoms with Crippen LogP contribution in [0.2, 0.25) is 0 Å². The molecule has 3 heterocycles. The summed E-state index contributed by atoms with van der Waals surface area (Å²) >= 11 is 0. The number of aryl methyl sites for hydroxylation is 2. The second-order valence-electron chi connectivity index (χ2n) is 6.89. The van der Waals surface area contributed by atoms with Gasteiger partial charge >= 0.3 is 0 Å². The highest BCUT2D eigenvalue weighted by Crippen LogP contribution is 2.16. The van der Waals surface area contributed by atoms with Crippen molar-refractivity contribution in [3.63, 3.8) is 0 Å². The number of carbonyl (C=O) groups is 1. The van der Waals surface area contributed by atoms with Gasteiger partial charge in [0.1, 0.15) is 6.10 Å². The number of nitrogens with zero attached hydrogens (tertiary/aromatic N) is 5. The van der Waals surface area contributed by atoms with E-state index in [2.05, 4.69) is 27.3 Å². The van der Waals surface area contributed by atoms with Crippen molar-refractivity contribution < 1.29 is 14.1 Å². The number of halogens is 1. The molecule has 0 saturated carbocycles. The SMILES string of the molecule is CCNC(=NCCCc1nc(C)no1)N1CCN(C(=O)C2CCCO2)CC1.I. The van der Waals surface area contributed by atoms with Crippen LogP contribution in [0.15, 0.2) is 9.52 Å². The molecule has 10 heteroatoms. The number of carbonyl (C=O) groups excluding carboxylic acids is 1. The first-order valence-electron chi connectivity index (χ1n) is 9.90. The molecule has 158 valence electrons. The molecule has 2 saturated heterocycles. The number of ether oxygens (including phenoxy) is 1. The Morgan fingerprint density at radius 2 is 2.04 bits per heavy atom. The molecule has 0 spiro atoms. The van der Waals surface area contributed by atoms with Crippen LogP contribution < -0.4 is 5.32 Å². The quantitative estimate of drug-likeness (QED) is 0.268. The van der Waals surface area contributed by atoms with Gasteiger partial charge in [0, 0.05) is 52.3 Å². The highest BCUT2D eigenvalue weighted by Gasteiger charge is 2.30. The Balaban J connectivity index is 0.00000280. The van der Waals surface area contributed by atoms with E-state index >= 15 is 0 Å². The summed E-state index contributed by atoms with van der Waals surface area (Å²) in [5.74, 6) is 2.37. The zero-order chi connectivity index (χ0) is 19.1. The van der Waals surface area contributed by atoms with Gasteiger partial charge in [0.05, 0.1) is 0 Å². The molecule has 2 aliphatic heterocycles. The van der Waals surface area contributed by atoms with E-state index in [9.17, 15) is 4.79 Å². The summed E-state index contributed by atoms with van der Waals surface area (Å²) in [7, 11) is 0. The highest BCUT2D eigenvalue weighted by molar-refractivity contribution is 14.0. The first-order valence-corrected chi connectivity index (χ1v) is 9.90. The fraction of sp³-hybridized carbons (Fsp3) is 0.778. The second kappa shape index (κ2) is 11.5. The maximum atomic E-state index is 12.5. The summed E-state index contributed by atoms with van der Waals surface area (Å²) < 4.78 is 10.7. The van der Waals surface area contributed by atoms with Crippen LogP contribution in [0.25, 0.3) is 0 Å². The lowest BCUT2D eigenvalue weighted by Crippen LogP contribution is -2.55. The van der Waals surface area contributed by atoms with Crippen molar-refractivity contribution in [1.29, 1.82) is 0 Å². The molecule has 1 N–H and O–H groups in total. The van der Waals surface area contributed by atoms with Gasteiger partial charge < -0.3 is 24.4 Å². The predicted octanol–water partition coefficient (Wildman–Crippen LogP) is 1.22. The van der Waals surface area contributed by atoms with Crippen LogP contribution in [0.5, 0.6) is 0 Å². The molecule has 0 aliphatic carbocycles. The average molecular weight is 506 g/mol. The molecule has 0 aromatic carbocycles. The molecular formula is C18H31IN6O3. The summed E-state index contributed by atoms with van der Waals surface area (Å²) in [6.45, 7) is 9.09. The maximum absolute atomic E-state index is 12.5. The topological polar surface area (TPSA) is 96.1 Å². The van der Waals surface area contributed by atoms with Gasteiger partial charge in [-0.2, -0.15) is 4.98 Å². The summed E-state index contributed by atoms with van der Waals surface area (Å²) in [6.07, 6.45) is 3.19. The van der Waals surface area contributed by atoms with Crippen LogP contribution in [0.1, 0.15) is 37.9 Å². The largest absolute Gasteiger partial charge is 0.368 e. The lowest BCUT2D eigenvalue weighted by Gasteiger charge is -2.37. The van der Waals surface area contributed by atoms with E-state index in [0.717, 1.165) is 51.3 Å². The molecule has 1 amide bonds. The van der Waals surface area contributed by atoms with Gasteiger partial charge in [-0.1, -0.05) is 5.16 Å². The third-order valence-corrected chi connectivity index (χ3v) is 4.81. The number of piperazine rings is 1. The van der Waals surface area contributed by atoms with E-state index in [4.69, 9.17) is 14.3 Å². The van der Waals surface area contributed by atoms with E-state index in [1.54, 1.807) is 0 Å². The van der Waals surface area contributed by atoms with Gasteiger partial charge in [-0.15, -0.1) is 24.0 Å². The van der Waals surface area contributed by atoms with Crippen molar-refractivity contribution in [1.82, 2.24) is 25.3 Å². The van der Waals surface area contributed by atoms with Crippen molar-refractivity contribution in [2.45, 2.75) is 45.6 Å². The lowest BCUT2D eigenvalue weighted by molar-refractivity contribution is -0.142. The third kappa shape index (κ3) is 6.29. The molecular weight excluding hydrogens is 475 g/mol. The van der Waals surface area contributed by atoms with Gasteiger partial charge in [0.2, 0.25) is 5.89 Å². The molecule has 1 aromatic heterocycles. The number of aromatic nitrogens is 2. The summed E-state index contributed by atoms with van der Waals surface area (Å²) in [4.78, 5) is 25.5. The normalized spacial score (nSPS) is 20.2. The second-order valence-corrected chi connectivity index (χ2v) is 6.89. The smallest absolute Gasteiger partial charge is 0.251 e. The number of rotatable bonds is 6. The lowest BCUT2D eigenvalue weighted by atomic mass is 10.2. The summed E-state index contributed by atoms with van der Waals surface area (Å²) in [5.41, 5.74) is 0.